The van der Waals surface area contributed by atoms with E-state index in [2.05, 4.69) is 0 Å². The highest BCUT2D eigenvalue weighted by Gasteiger charge is 2.60. The molecule has 14 heavy (non-hydrogen) atoms. The van der Waals surface area contributed by atoms with Crippen LogP contribution in [0.1, 0.15) is 0 Å². The van der Waals surface area contributed by atoms with Crippen molar-refractivity contribution in [2.45, 2.75) is 12.4 Å². The molecule has 0 rings (SSSR count). The molecule has 1 unspecified atom stereocenters. The second-order valence-electron chi connectivity index (χ2n) is 2.44. The molecule has 0 heterocycles. The van der Waals surface area contributed by atoms with E-state index in [9.17, 15) is 35.5 Å². The molecular weight excluding hydrogens is 221 g/mol. The van der Waals surface area contributed by atoms with Crippen molar-refractivity contribution in [3.8, 4) is 0 Å². The summed E-state index contributed by atoms with van der Waals surface area (Å²) in [5.41, 5.74) is 0. The summed E-state index contributed by atoms with van der Waals surface area (Å²) >= 11 is 0. The van der Waals surface area contributed by atoms with Crippen molar-refractivity contribution < 1.29 is 35.5 Å². The van der Waals surface area contributed by atoms with Crippen LogP contribution in [0.25, 0.3) is 0 Å². The van der Waals surface area contributed by atoms with Crippen LogP contribution in [0, 0.1) is 11.8 Å². The van der Waals surface area contributed by atoms with Gasteiger partial charge in [0, 0.05) is 0 Å². The third kappa shape index (κ3) is 3.15. The molecule has 0 aliphatic rings. The summed E-state index contributed by atoms with van der Waals surface area (Å²) in [5.74, 6) is -6.84. The van der Waals surface area contributed by atoms with E-state index >= 15 is 0 Å². The van der Waals surface area contributed by atoms with E-state index in [-0.39, 0.29) is 0 Å². The van der Waals surface area contributed by atoms with E-state index < -0.39 is 30.9 Å². The van der Waals surface area contributed by atoms with Gasteiger partial charge in [0.1, 0.15) is 6.67 Å². The molecule has 83 valence electrons. The lowest BCUT2D eigenvalue weighted by molar-refractivity contribution is -0.293. The molecule has 0 aromatic rings. The molecule has 8 heteroatoms. The number of carbonyl (C=O) groups excluding carboxylic acids is 1. The van der Waals surface area contributed by atoms with Gasteiger partial charge in [-0.25, -0.2) is 0 Å². The van der Waals surface area contributed by atoms with Crippen LogP contribution in [0.2, 0.25) is 0 Å². The number of hydrogen-bond acceptors (Lipinski definition) is 1. The second kappa shape index (κ2) is 4.14. The van der Waals surface area contributed by atoms with Crippen molar-refractivity contribution in [1.82, 2.24) is 0 Å². The molecule has 0 amide bonds. The molecule has 1 radical (unpaired) electrons. The van der Waals surface area contributed by atoms with Gasteiger partial charge in [0.2, 0.25) is 6.29 Å². The van der Waals surface area contributed by atoms with Crippen LogP contribution in [-0.2, 0) is 4.79 Å². The van der Waals surface area contributed by atoms with Gasteiger partial charge >= 0.3 is 12.4 Å². The van der Waals surface area contributed by atoms with E-state index in [0.717, 1.165) is 0 Å². The average Bonchev–Trinajstić information content (AvgIpc) is 1.94. The lowest BCUT2D eigenvalue weighted by Crippen LogP contribution is -2.43. The predicted molar refractivity (Wildman–Crippen MR) is 30.8 cm³/mol. The van der Waals surface area contributed by atoms with Crippen LogP contribution in [0.4, 0.5) is 30.7 Å². The first kappa shape index (κ1) is 13.2. The van der Waals surface area contributed by atoms with Crippen LogP contribution in [-0.4, -0.2) is 25.3 Å². The molecule has 0 aromatic carbocycles. The Balaban J connectivity index is 5.00. The molecule has 0 aliphatic carbocycles. The largest absolute Gasteiger partial charge is 0.401 e. The first-order chi connectivity index (χ1) is 6.14. The first-order valence-electron chi connectivity index (χ1n) is 3.21. The van der Waals surface area contributed by atoms with Gasteiger partial charge in [-0.1, -0.05) is 0 Å². The van der Waals surface area contributed by atoms with Gasteiger partial charge in [-0.15, -0.1) is 0 Å². The van der Waals surface area contributed by atoms with Gasteiger partial charge in [-0.05, 0) is 0 Å². The van der Waals surface area contributed by atoms with Crippen LogP contribution < -0.4 is 0 Å². The summed E-state index contributed by atoms with van der Waals surface area (Å²) in [5, 5.41) is 0. The summed E-state index contributed by atoms with van der Waals surface area (Å²) in [6, 6.07) is 0. The van der Waals surface area contributed by atoms with Crippen molar-refractivity contribution >= 4 is 6.29 Å². The molecule has 1 atom stereocenters. The highest BCUT2D eigenvalue weighted by atomic mass is 19.4. The topological polar surface area (TPSA) is 17.1 Å². The lowest BCUT2D eigenvalue weighted by Gasteiger charge is -2.25. The molecule has 0 fully saturated rings. The molecule has 0 bridgehead atoms. The molecule has 0 saturated carbocycles. The van der Waals surface area contributed by atoms with Crippen molar-refractivity contribution in [1.29, 1.82) is 0 Å². The van der Waals surface area contributed by atoms with E-state index in [1.165, 1.54) is 0 Å². The maximum atomic E-state index is 11.8. The summed E-state index contributed by atoms with van der Waals surface area (Å²) in [6.45, 7) is -2.05. The maximum Gasteiger partial charge on any atom is 0.401 e. The number of halogens is 7. The minimum absolute atomic E-state index is 0.400. The van der Waals surface area contributed by atoms with Gasteiger partial charge in [0.05, 0.1) is 5.92 Å². The van der Waals surface area contributed by atoms with Gasteiger partial charge in [0.25, 0.3) is 0 Å². The van der Waals surface area contributed by atoms with Crippen LogP contribution in [0.3, 0.4) is 0 Å². The number of rotatable bonds is 3. The Bertz CT molecular complexity index is 179. The third-order valence-electron chi connectivity index (χ3n) is 1.43. The summed E-state index contributed by atoms with van der Waals surface area (Å²) < 4.78 is 82.4. The molecule has 0 spiro atoms. The zero-order chi connectivity index (χ0) is 11.6. The van der Waals surface area contributed by atoms with E-state index in [1.807, 2.05) is 0 Å². The quantitative estimate of drug-likeness (QED) is 0.674. The van der Waals surface area contributed by atoms with E-state index in [0.29, 0.717) is 6.29 Å². The summed E-state index contributed by atoms with van der Waals surface area (Å²) in [7, 11) is 0. The zero-order valence-electron chi connectivity index (χ0n) is 6.42. The van der Waals surface area contributed by atoms with E-state index in [4.69, 9.17) is 0 Å². The molecule has 1 nitrogen and oxygen atoms in total. The van der Waals surface area contributed by atoms with Gasteiger partial charge in [-0.3, -0.25) is 9.18 Å². The van der Waals surface area contributed by atoms with Crippen LogP contribution in [0.15, 0.2) is 0 Å². The normalized spacial score (nSPS) is 15.7. The van der Waals surface area contributed by atoms with Gasteiger partial charge in [-0.2, -0.15) is 26.3 Å². The highest BCUT2D eigenvalue weighted by molar-refractivity contribution is 5.55. The minimum atomic E-state index is -5.70. The highest BCUT2D eigenvalue weighted by Crippen LogP contribution is 2.43. The molecule has 0 saturated heterocycles. The van der Waals surface area contributed by atoms with Crippen molar-refractivity contribution in [2.75, 3.05) is 6.67 Å². The summed E-state index contributed by atoms with van der Waals surface area (Å²) in [6.07, 6.45) is -11.0. The molecule has 0 aromatic heterocycles. The Labute approximate surface area is 73.9 Å². The Morgan fingerprint density at radius 2 is 1.36 bits per heavy atom. The Kier molecular flexibility index (Phi) is 3.90. The van der Waals surface area contributed by atoms with Gasteiger partial charge in [0.15, 0.2) is 5.92 Å². The maximum absolute atomic E-state index is 11.8. The zero-order valence-corrected chi connectivity index (χ0v) is 6.42. The fraction of sp³-hybridized carbons (Fsp3) is 0.833. The van der Waals surface area contributed by atoms with Crippen LogP contribution in [0.5, 0.6) is 0 Å². The molecular formula is C6H4F7O. The van der Waals surface area contributed by atoms with E-state index in [1.54, 1.807) is 0 Å². The molecule has 0 aliphatic heterocycles. The number of alkyl halides is 7. The van der Waals surface area contributed by atoms with Crippen molar-refractivity contribution in [2.24, 2.45) is 11.8 Å². The van der Waals surface area contributed by atoms with Crippen molar-refractivity contribution in [3.63, 3.8) is 0 Å². The smallest absolute Gasteiger partial charge is 0.290 e. The first-order valence-corrected chi connectivity index (χ1v) is 3.21. The summed E-state index contributed by atoms with van der Waals surface area (Å²) in [4.78, 5) is 9.71. The Hall–Kier alpha value is -0.820. The lowest BCUT2D eigenvalue weighted by atomic mass is 9.93. The van der Waals surface area contributed by atoms with Gasteiger partial charge < -0.3 is 0 Å². The molecule has 0 N–H and O–H groups in total. The predicted octanol–water partition coefficient (Wildman–Crippen LogP) is 2.42. The Morgan fingerprint density at radius 3 is 1.43 bits per heavy atom. The fourth-order valence-corrected chi connectivity index (χ4v) is 0.830. The van der Waals surface area contributed by atoms with Crippen molar-refractivity contribution in [3.05, 3.63) is 0 Å². The standard InChI is InChI=1S/C6H4F7O/c7-1-3(2-14)4(5(8,9)10)6(11,12)13/h3-4H,1H2. The SMILES string of the molecule is O=[C]C(CF)C(C(F)(F)F)C(F)(F)F. The average molecular weight is 225 g/mol. The monoisotopic (exact) mass is 225 g/mol. The Morgan fingerprint density at radius 1 is 1.00 bits per heavy atom. The fourth-order valence-electron chi connectivity index (χ4n) is 0.830. The second-order valence-corrected chi connectivity index (χ2v) is 2.44. The minimum Gasteiger partial charge on any atom is -0.290 e. The third-order valence-corrected chi connectivity index (χ3v) is 1.43. The number of hydrogen-bond donors (Lipinski definition) is 0. The van der Waals surface area contributed by atoms with Crippen LogP contribution >= 0.6 is 0 Å².